The Labute approximate surface area is 111 Å². The number of carboxylic acids is 1. The Bertz CT molecular complexity index is 565. The molecule has 0 saturated carbocycles. The number of hydrogen-bond donors (Lipinski definition) is 1. The lowest BCUT2D eigenvalue weighted by atomic mass is 10.0. The topological polar surface area (TPSA) is 55.8 Å². The van der Waals surface area contributed by atoms with E-state index < -0.39 is 5.97 Å². The molecule has 0 amide bonds. The first kappa shape index (κ1) is 13.0. The molecule has 0 unspecified atom stereocenters. The molecule has 0 aliphatic carbocycles. The van der Waals surface area contributed by atoms with Crippen LogP contribution in [0, 0.1) is 0 Å². The molecule has 0 aromatic heterocycles. The molecule has 0 atom stereocenters. The molecule has 4 nitrogen and oxygen atoms in total. The van der Waals surface area contributed by atoms with Crippen LogP contribution < -0.4 is 9.47 Å². The standard InChI is InChI=1S/C15H14O4/c1-18-12-8-11(10-6-4-3-5-7-10)9-13(19-2)14(12)15(16)17/h3-9H,1-2H3,(H,16,17). The average molecular weight is 258 g/mol. The SMILES string of the molecule is COc1cc(-c2ccccc2)cc(OC)c1C(=O)O. The van der Waals surface area contributed by atoms with Gasteiger partial charge in [-0.1, -0.05) is 30.3 Å². The van der Waals surface area contributed by atoms with Crippen molar-refractivity contribution in [2.45, 2.75) is 0 Å². The van der Waals surface area contributed by atoms with Crippen molar-refractivity contribution in [3.05, 3.63) is 48.0 Å². The molecule has 0 aliphatic heterocycles. The summed E-state index contributed by atoms with van der Waals surface area (Å²) >= 11 is 0. The Hall–Kier alpha value is -2.49. The lowest BCUT2D eigenvalue weighted by Gasteiger charge is -2.12. The number of aromatic carboxylic acids is 1. The third-order valence-corrected chi connectivity index (χ3v) is 2.83. The van der Waals surface area contributed by atoms with E-state index >= 15 is 0 Å². The van der Waals surface area contributed by atoms with Crippen molar-refractivity contribution in [2.24, 2.45) is 0 Å². The number of benzene rings is 2. The van der Waals surface area contributed by atoms with Gasteiger partial charge < -0.3 is 14.6 Å². The predicted molar refractivity (Wildman–Crippen MR) is 71.9 cm³/mol. The Morgan fingerprint density at radius 2 is 1.47 bits per heavy atom. The fraction of sp³-hybridized carbons (Fsp3) is 0.133. The summed E-state index contributed by atoms with van der Waals surface area (Å²) in [4.78, 5) is 11.2. The smallest absolute Gasteiger partial charge is 0.343 e. The van der Waals surface area contributed by atoms with Gasteiger partial charge in [-0.25, -0.2) is 4.79 Å². The molecule has 0 bridgehead atoms. The third kappa shape index (κ3) is 2.52. The molecular weight excluding hydrogens is 244 g/mol. The summed E-state index contributed by atoms with van der Waals surface area (Å²) in [6.45, 7) is 0. The highest BCUT2D eigenvalue weighted by atomic mass is 16.5. The molecule has 0 radical (unpaired) electrons. The Balaban J connectivity index is 2.63. The van der Waals surface area contributed by atoms with Crippen molar-refractivity contribution < 1.29 is 19.4 Å². The van der Waals surface area contributed by atoms with Gasteiger partial charge in [0, 0.05) is 0 Å². The maximum atomic E-state index is 11.2. The molecule has 2 aromatic rings. The number of ether oxygens (including phenoxy) is 2. The van der Waals surface area contributed by atoms with E-state index in [1.807, 2.05) is 30.3 Å². The number of carboxylic acid groups (broad SMARTS) is 1. The molecule has 0 spiro atoms. The highest BCUT2D eigenvalue weighted by Gasteiger charge is 2.19. The van der Waals surface area contributed by atoms with Crippen LogP contribution in [0.2, 0.25) is 0 Å². The second kappa shape index (κ2) is 5.44. The summed E-state index contributed by atoms with van der Waals surface area (Å²) in [6.07, 6.45) is 0. The van der Waals surface area contributed by atoms with E-state index in [0.717, 1.165) is 11.1 Å². The minimum absolute atomic E-state index is 0.0321. The molecule has 2 aromatic carbocycles. The molecule has 19 heavy (non-hydrogen) atoms. The number of rotatable bonds is 4. The quantitative estimate of drug-likeness (QED) is 0.915. The number of methoxy groups -OCH3 is 2. The highest BCUT2D eigenvalue weighted by molar-refractivity contribution is 5.95. The predicted octanol–water partition coefficient (Wildman–Crippen LogP) is 3.07. The van der Waals surface area contributed by atoms with Gasteiger partial charge in [0.1, 0.15) is 17.1 Å². The summed E-state index contributed by atoms with van der Waals surface area (Å²) in [5.41, 5.74) is 1.85. The fourth-order valence-electron chi connectivity index (χ4n) is 1.92. The van der Waals surface area contributed by atoms with Gasteiger partial charge in [0.2, 0.25) is 0 Å². The normalized spacial score (nSPS) is 10.0. The Kier molecular flexibility index (Phi) is 3.71. The Morgan fingerprint density at radius 3 is 1.89 bits per heavy atom. The molecule has 2 rings (SSSR count). The second-order valence-corrected chi connectivity index (χ2v) is 3.93. The van der Waals surface area contributed by atoms with Crippen LogP contribution in [0.15, 0.2) is 42.5 Å². The van der Waals surface area contributed by atoms with E-state index in [0.29, 0.717) is 0 Å². The van der Waals surface area contributed by atoms with Crippen LogP contribution in [0.3, 0.4) is 0 Å². The minimum atomic E-state index is -1.08. The van der Waals surface area contributed by atoms with Crippen LogP contribution in [0.1, 0.15) is 10.4 Å². The number of carbonyl (C=O) groups is 1. The lowest BCUT2D eigenvalue weighted by molar-refractivity contribution is 0.0689. The highest BCUT2D eigenvalue weighted by Crippen LogP contribution is 2.34. The lowest BCUT2D eigenvalue weighted by Crippen LogP contribution is -2.04. The molecule has 0 fully saturated rings. The Morgan fingerprint density at radius 1 is 0.947 bits per heavy atom. The van der Waals surface area contributed by atoms with Crippen LogP contribution in [-0.4, -0.2) is 25.3 Å². The zero-order valence-electron chi connectivity index (χ0n) is 10.7. The van der Waals surface area contributed by atoms with E-state index in [2.05, 4.69) is 0 Å². The second-order valence-electron chi connectivity index (χ2n) is 3.93. The third-order valence-electron chi connectivity index (χ3n) is 2.83. The van der Waals surface area contributed by atoms with Gasteiger partial charge in [0.25, 0.3) is 0 Å². The maximum absolute atomic E-state index is 11.2. The van der Waals surface area contributed by atoms with Gasteiger partial charge in [-0.2, -0.15) is 0 Å². The van der Waals surface area contributed by atoms with Crippen molar-refractivity contribution in [3.63, 3.8) is 0 Å². The van der Waals surface area contributed by atoms with Crippen LogP contribution in [0.25, 0.3) is 11.1 Å². The maximum Gasteiger partial charge on any atom is 0.343 e. The van der Waals surface area contributed by atoms with Gasteiger partial charge in [0.15, 0.2) is 0 Å². The summed E-state index contributed by atoms with van der Waals surface area (Å²) < 4.78 is 10.3. The van der Waals surface area contributed by atoms with Gasteiger partial charge in [-0.3, -0.25) is 0 Å². The monoisotopic (exact) mass is 258 g/mol. The molecule has 0 aliphatic rings. The summed E-state index contributed by atoms with van der Waals surface area (Å²) in [5.74, 6) is -0.510. The van der Waals surface area contributed by atoms with Crippen molar-refractivity contribution in [1.82, 2.24) is 0 Å². The first-order chi connectivity index (χ1) is 9.17. The van der Waals surface area contributed by atoms with E-state index in [9.17, 15) is 9.90 Å². The van der Waals surface area contributed by atoms with Crippen LogP contribution >= 0.6 is 0 Å². The van der Waals surface area contributed by atoms with Crippen molar-refractivity contribution in [3.8, 4) is 22.6 Å². The number of hydrogen-bond acceptors (Lipinski definition) is 3. The van der Waals surface area contributed by atoms with E-state index in [1.165, 1.54) is 14.2 Å². The largest absolute Gasteiger partial charge is 0.496 e. The summed E-state index contributed by atoms with van der Waals surface area (Å²) in [5, 5.41) is 9.21. The van der Waals surface area contributed by atoms with Crippen molar-refractivity contribution in [1.29, 1.82) is 0 Å². The minimum Gasteiger partial charge on any atom is -0.496 e. The van der Waals surface area contributed by atoms with Crippen molar-refractivity contribution >= 4 is 5.97 Å². The zero-order chi connectivity index (χ0) is 13.8. The molecule has 1 N–H and O–H groups in total. The molecule has 4 heteroatoms. The van der Waals surface area contributed by atoms with E-state index in [4.69, 9.17) is 9.47 Å². The molecule has 0 heterocycles. The van der Waals surface area contributed by atoms with Gasteiger partial charge in [-0.15, -0.1) is 0 Å². The van der Waals surface area contributed by atoms with E-state index in [1.54, 1.807) is 12.1 Å². The van der Waals surface area contributed by atoms with Crippen LogP contribution in [0.5, 0.6) is 11.5 Å². The average Bonchev–Trinajstić information content (AvgIpc) is 2.46. The summed E-state index contributed by atoms with van der Waals surface area (Å²) in [7, 11) is 2.88. The zero-order valence-corrected chi connectivity index (χ0v) is 10.7. The van der Waals surface area contributed by atoms with E-state index in [-0.39, 0.29) is 17.1 Å². The van der Waals surface area contributed by atoms with Gasteiger partial charge in [0.05, 0.1) is 14.2 Å². The van der Waals surface area contributed by atoms with Gasteiger partial charge in [-0.05, 0) is 23.3 Å². The van der Waals surface area contributed by atoms with Crippen LogP contribution in [0.4, 0.5) is 0 Å². The molecular formula is C15H14O4. The van der Waals surface area contributed by atoms with Crippen molar-refractivity contribution in [2.75, 3.05) is 14.2 Å². The first-order valence-electron chi connectivity index (χ1n) is 5.72. The fourth-order valence-corrected chi connectivity index (χ4v) is 1.92. The molecule has 0 saturated heterocycles. The van der Waals surface area contributed by atoms with Gasteiger partial charge >= 0.3 is 5.97 Å². The molecule has 98 valence electrons. The first-order valence-corrected chi connectivity index (χ1v) is 5.72. The van der Waals surface area contributed by atoms with Crippen LogP contribution in [-0.2, 0) is 0 Å². The summed E-state index contributed by atoms with van der Waals surface area (Å²) in [6, 6.07) is 13.0.